The highest BCUT2D eigenvalue weighted by Gasteiger charge is 2.29. The zero-order valence-corrected chi connectivity index (χ0v) is 23.2. The Morgan fingerprint density at radius 3 is 2.71 bits per heavy atom. The lowest BCUT2D eigenvalue weighted by Crippen LogP contribution is -2.27. The lowest BCUT2D eigenvalue weighted by Gasteiger charge is -2.14. The van der Waals surface area contributed by atoms with Gasteiger partial charge in [-0.05, 0) is 54.1 Å². The van der Waals surface area contributed by atoms with E-state index in [0.29, 0.717) is 43.4 Å². The van der Waals surface area contributed by atoms with Crippen molar-refractivity contribution in [1.29, 1.82) is 0 Å². The van der Waals surface area contributed by atoms with Gasteiger partial charge in [-0.1, -0.05) is 42.5 Å². The standard InChI is InChI=1S/C32H31N5O5/c1-2-41-30(38)17-21-6-3-4-9-29(21)42-19-27-26-16-20(23-7-5-8-25-24(23)12-14-34-31(25)33)10-11-28(26)37(35-27)22-13-15-36(18-22)32(39)40/h3-12,14,16,22H,2,13,15,17-19H2,1H3,(H2,33,34)(H,39,40)/t22-/m1/s1. The van der Waals surface area contributed by atoms with Crippen LogP contribution in [0.15, 0.2) is 72.9 Å². The van der Waals surface area contributed by atoms with Gasteiger partial charge in [0.25, 0.3) is 0 Å². The zero-order valence-electron chi connectivity index (χ0n) is 23.2. The Kier molecular flexibility index (Phi) is 7.35. The molecule has 1 fully saturated rings. The molecule has 3 N–H and O–H groups in total. The number of anilines is 1. The molecule has 1 saturated heterocycles. The molecule has 1 amide bonds. The average molecular weight is 566 g/mol. The van der Waals surface area contributed by atoms with Gasteiger partial charge in [0.1, 0.15) is 23.9 Å². The van der Waals surface area contributed by atoms with Gasteiger partial charge in [0.05, 0.1) is 24.6 Å². The van der Waals surface area contributed by atoms with Gasteiger partial charge in [-0.15, -0.1) is 0 Å². The number of amides is 1. The highest BCUT2D eigenvalue weighted by atomic mass is 16.5. The lowest BCUT2D eigenvalue weighted by molar-refractivity contribution is -0.142. The number of fused-ring (bicyclic) bond motifs is 2. The molecule has 5 aromatic rings. The van der Waals surface area contributed by atoms with Crippen molar-refractivity contribution in [3.05, 3.63) is 84.2 Å². The number of ether oxygens (including phenoxy) is 2. The summed E-state index contributed by atoms with van der Waals surface area (Å²) < 4.78 is 13.3. The van der Waals surface area contributed by atoms with Crippen molar-refractivity contribution in [2.75, 3.05) is 25.4 Å². The molecule has 6 rings (SSSR count). The first kappa shape index (κ1) is 27.1. The van der Waals surface area contributed by atoms with Gasteiger partial charge < -0.3 is 25.2 Å². The fraction of sp³-hybridized carbons (Fsp3) is 0.250. The second-order valence-corrected chi connectivity index (χ2v) is 10.3. The van der Waals surface area contributed by atoms with Crippen molar-refractivity contribution in [1.82, 2.24) is 19.7 Å². The van der Waals surface area contributed by atoms with E-state index in [0.717, 1.165) is 38.4 Å². The monoisotopic (exact) mass is 565 g/mol. The number of esters is 1. The van der Waals surface area contributed by atoms with Crippen LogP contribution >= 0.6 is 0 Å². The summed E-state index contributed by atoms with van der Waals surface area (Å²) in [5, 5.41) is 17.3. The van der Waals surface area contributed by atoms with Crippen LogP contribution in [-0.2, 0) is 22.6 Å². The molecule has 0 unspecified atom stereocenters. The van der Waals surface area contributed by atoms with Crippen LogP contribution in [0.25, 0.3) is 32.8 Å². The molecule has 1 aliphatic heterocycles. The molecule has 42 heavy (non-hydrogen) atoms. The molecular weight excluding hydrogens is 534 g/mol. The number of aromatic nitrogens is 3. The van der Waals surface area contributed by atoms with Crippen LogP contribution in [0.5, 0.6) is 5.75 Å². The summed E-state index contributed by atoms with van der Waals surface area (Å²) in [4.78, 5) is 29.4. The van der Waals surface area contributed by atoms with Crippen LogP contribution in [0, 0.1) is 0 Å². The van der Waals surface area contributed by atoms with E-state index in [1.165, 1.54) is 4.90 Å². The number of pyridine rings is 1. The highest BCUT2D eigenvalue weighted by molar-refractivity contribution is 6.02. The number of rotatable bonds is 8. The summed E-state index contributed by atoms with van der Waals surface area (Å²) in [6, 6.07) is 21.4. The van der Waals surface area contributed by atoms with Crippen molar-refractivity contribution < 1.29 is 24.2 Å². The first-order valence-electron chi connectivity index (χ1n) is 13.9. The van der Waals surface area contributed by atoms with Crippen molar-refractivity contribution in [3.8, 4) is 16.9 Å². The molecular formula is C32H31N5O5. The van der Waals surface area contributed by atoms with E-state index in [2.05, 4.69) is 23.2 Å². The molecule has 0 aliphatic carbocycles. The van der Waals surface area contributed by atoms with Crippen LogP contribution in [-0.4, -0.2) is 56.5 Å². The Balaban J connectivity index is 1.40. The number of carbonyl (C=O) groups excluding carboxylic acids is 1. The molecule has 3 aromatic carbocycles. The van der Waals surface area contributed by atoms with E-state index in [1.54, 1.807) is 13.1 Å². The Morgan fingerprint density at radius 1 is 1.05 bits per heavy atom. The molecule has 10 nitrogen and oxygen atoms in total. The maximum atomic E-state index is 12.2. The number of nitrogens with zero attached hydrogens (tertiary/aromatic N) is 4. The van der Waals surface area contributed by atoms with Crippen molar-refractivity contribution >= 4 is 39.6 Å². The second-order valence-electron chi connectivity index (χ2n) is 10.3. The maximum Gasteiger partial charge on any atom is 0.407 e. The Hall–Kier alpha value is -5.12. The smallest absolute Gasteiger partial charge is 0.407 e. The molecule has 0 spiro atoms. The molecule has 0 saturated carbocycles. The topological polar surface area (TPSA) is 133 Å². The van der Waals surface area contributed by atoms with Crippen LogP contribution < -0.4 is 10.5 Å². The molecule has 0 radical (unpaired) electrons. The summed E-state index contributed by atoms with van der Waals surface area (Å²) in [5.41, 5.74) is 10.5. The highest BCUT2D eigenvalue weighted by Crippen LogP contribution is 2.35. The number of hydrogen-bond donors (Lipinski definition) is 2. The molecule has 0 bridgehead atoms. The van der Waals surface area contributed by atoms with Crippen molar-refractivity contribution in [3.63, 3.8) is 0 Å². The van der Waals surface area contributed by atoms with Gasteiger partial charge in [0.2, 0.25) is 0 Å². The summed E-state index contributed by atoms with van der Waals surface area (Å²) in [5.74, 6) is 0.741. The first-order chi connectivity index (χ1) is 20.4. The number of para-hydroxylation sites is 1. The summed E-state index contributed by atoms with van der Waals surface area (Å²) in [6.45, 7) is 3.08. The maximum absolute atomic E-state index is 12.2. The van der Waals surface area contributed by atoms with Gasteiger partial charge in [-0.25, -0.2) is 9.78 Å². The van der Waals surface area contributed by atoms with E-state index in [9.17, 15) is 14.7 Å². The van der Waals surface area contributed by atoms with Crippen LogP contribution in [0.1, 0.15) is 30.6 Å². The van der Waals surface area contributed by atoms with Crippen molar-refractivity contribution in [2.24, 2.45) is 0 Å². The van der Waals surface area contributed by atoms with E-state index < -0.39 is 6.09 Å². The van der Waals surface area contributed by atoms with E-state index in [1.807, 2.05) is 53.2 Å². The van der Waals surface area contributed by atoms with Gasteiger partial charge in [-0.2, -0.15) is 5.10 Å². The quantitative estimate of drug-likeness (QED) is 0.238. The van der Waals surface area contributed by atoms with Gasteiger partial charge in [0.15, 0.2) is 0 Å². The first-order valence-corrected chi connectivity index (χ1v) is 13.9. The lowest BCUT2D eigenvalue weighted by atomic mass is 9.97. The van der Waals surface area contributed by atoms with E-state index in [-0.39, 0.29) is 25.0 Å². The number of benzene rings is 3. The number of nitrogen functional groups attached to an aromatic ring is 1. The van der Waals surface area contributed by atoms with Crippen LogP contribution in [0.2, 0.25) is 0 Å². The third kappa shape index (κ3) is 5.18. The van der Waals surface area contributed by atoms with Crippen LogP contribution in [0.4, 0.5) is 10.6 Å². The summed E-state index contributed by atoms with van der Waals surface area (Å²) in [7, 11) is 0. The van der Waals surface area contributed by atoms with Gasteiger partial charge in [-0.3, -0.25) is 9.48 Å². The Labute approximate surface area is 242 Å². The normalized spacial score (nSPS) is 14.9. The third-order valence-corrected chi connectivity index (χ3v) is 7.69. The van der Waals surface area contributed by atoms with Crippen LogP contribution in [0.3, 0.4) is 0 Å². The number of carbonyl (C=O) groups is 2. The molecule has 1 atom stereocenters. The third-order valence-electron chi connectivity index (χ3n) is 7.69. The van der Waals surface area contributed by atoms with Gasteiger partial charge in [0, 0.05) is 35.6 Å². The largest absolute Gasteiger partial charge is 0.487 e. The summed E-state index contributed by atoms with van der Waals surface area (Å²) in [6.07, 6.45) is 1.56. The fourth-order valence-corrected chi connectivity index (χ4v) is 5.66. The summed E-state index contributed by atoms with van der Waals surface area (Å²) >= 11 is 0. The molecule has 214 valence electrons. The number of nitrogens with two attached hydrogens (primary N) is 1. The SMILES string of the molecule is CCOC(=O)Cc1ccccc1OCc1nn([C@@H]2CCN(C(=O)O)C2)c2ccc(-c3cccc4c(N)nccc34)cc12. The second kappa shape index (κ2) is 11.4. The van der Waals surface area contributed by atoms with E-state index in [4.69, 9.17) is 20.3 Å². The number of hydrogen-bond acceptors (Lipinski definition) is 7. The average Bonchev–Trinajstić information content (AvgIpc) is 3.62. The zero-order chi connectivity index (χ0) is 29.2. The predicted molar refractivity (Wildman–Crippen MR) is 159 cm³/mol. The molecule has 10 heteroatoms. The Bertz CT molecular complexity index is 1800. The predicted octanol–water partition coefficient (Wildman–Crippen LogP) is 5.44. The minimum Gasteiger partial charge on any atom is -0.487 e. The molecule has 1 aliphatic rings. The van der Waals surface area contributed by atoms with E-state index >= 15 is 0 Å². The minimum absolute atomic E-state index is 0.0947. The molecule has 2 aromatic heterocycles. The molecule has 3 heterocycles. The number of carboxylic acid groups (broad SMARTS) is 1. The van der Waals surface area contributed by atoms with Crippen molar-refractivity contribution in [2.45, 2.75) is 32.4 Å². The Morgan fingerprint density at radius 2 is 1.90 bits per heavy atom. The minimum atomic E-state index is -0.928. The number of likely N-dealkylation sites (tertiary alicyclic amines) is 1. The fourth-order valence-electron chi connectivity index (χ4n) is 5.66. The van der Waals surface area contributed by atoms with Gasteiger partial charge >= 0.3 is 12.1 Å².